The van der Waals surface area contributed by atoms with Gasteiger partial charge in [-0.15, -0.1) is 0 Å². The number of hydrogen-bond donors (Lipinski definition) is 2. The van der Waals surface area contributed by atoms with Crippen molar-refractivity contribution in [2.24, 2.45) is 0 Å². The first-order valence-corrected chi connectivity index (χ1v) is 13.9. The number of carbonyl (C=O) groups is 1. The maximum absolute atomic E-state index is 12.9. The van der Waals surface area contributed by atoms with Crippen molar-refractivity contribution in [1.82, 2.24) is 0 Å². The number of anilines is 3. The molecule has 196 valence electrons. The Morgan fingerprint density at radius 1 is 0.946 bits per heavy atom. The molecule has 37 heavy (non-hydrogen) atoms. The number of carbonyl (C=O) groups excluding carboxylic acids is 1. The van der Waals surface area contributed by atoms with Gasteiger partial charge in [0.1, 0.15) is 5.75 Å². The molecule has 0 spiro atoms. The molecule has 1 atom stereocenters. The lowest BCUT2D eigenvalue weighted by atomic mass is 10.2. The van der Waals surface area contributed by atoms with Gasteiger partial charge in [0, 0.05) is 11.4 Å². The summed E-state index contributed by atoms with van der Waals surface area (Å²) >= 11 is 0. The maximum Gasteiger partial charge on any atom is 0.416 e. The average molecular weight is 556 g/mol. The van der Waals surface area contributed by atoms with Crippen LogP contribution >= 0.6 is 0 Å². The van der Waals surface area contributed by atoms with Crippen molar-refractivity contribution in [3.05, 3.63) is 78.4 Å². The van der Waals surface area contributed by atoms with E-state index in [9.17, 15) is 34.8 Å². The summed E-state index contributed by atoms with van der Waals surface area (Å²) < 4.78 is 97.2. The molecule has 0 aromatic heterocycles. The number of amides is 1. The van der Waals surface area contributed by atoms with Gasteiger partial charge < -0.3 is 10.1 Å². The number of benzene rings is 3. The van der Waals surface area contributed by atoms with Crippen LogP contribution in [-0.2, 0) is 31.0 Å². The molecule has 4 rings (SSSR count). The Bertz CT molecular complexity index is 1540. The normalized spacial score (nSPS) is 15.9. The monoisotopic (exact) mass is 555 g/mol. The van der Waals surface area contributed by atoms with Gasteiger partial charge in [0.05, 0.1) is 28.9 Å². The van der Waals surface area contributed by atoms with Crippen LogP contribution in [0.4, 0.5) is 30.2 Å². The van der Waals surface area contributed by atoms with E-state index in [0.29, 0.717) is 11.8 Å². The van der Waals surface area contributed by atoms with E-state index in [4.69, 9.17) is 4.74 Å². The summed E-state index contributed by atoms with van der Waals surface area (Å²) in [5.74, 6) is -0.456. The van der Waals surface area contributed by atoms with E-state index in [0.717, 1.165) is 34.8 Å². The Morgan fingerprint density at radius 2 is 1.62 bits per heavy atom. The topological polar surface area (TPSA) is 122 Å². The molecular formula is C23H20F3N3O6S2. The minimum absolute atomic E-state index is 0.191. The molecule has 0 saturated heterocycles. The first-order chi connectivity index (χ1) is 17.2. The van der Waals surface area contributed by atoms with Crippen LogP contribution in [0.3, 0.4) is 0 Å². The second-order valence-corrected chi connectivity index (χ2v) is 11.7. The summed E-state index contributed by atoms with van der Waals surface area (Å²) in [4.78, 5) is 12.6. The lowest BCUT2D eigenvalue weighted by Gasteiger charge is -2.33. The Morgan fingerprint density at radius 3 is 2.27 bits per heavy atom. The fourth-order valence-electron chi connectivity index (χ4n) is 3.57. The molecule has 0 unspecified atom stereocenters. The van der Waals surface area contributed by atoms with Gasteiger partial charge in [0.25, 0.3) is 15.9 Å². The van der Waals surface area contributed by atoms with Crippen LogP contribution in [0, 0.1) is 0 Å². The van der Waals surface area contributed by atoms with Crippen LogP contribution in [0.15, 0.2) is 77.7 Å². The highest BCUT2D eigenvalue weighted by molar-refractivity contribution is 7.92. The van der Waals surface area contributed by atoms with E-state index < -0.39 is 43.8 Å². The van der Waals surface area contributed by atoms with Crippen molar-refractivity contribution in [3.63, 3.8) is 0 Å². The standard InChI is InChI=1S/C23H20F3N3O6S2/c1-36(31,32)29-14-21(35-20-8-3-2-7-19(20)29)22(30)27-16-9-11-18(12-10-16)37(33,34)28-17-6-4-5-15(13-17)23(24,25)26/h2-13,21,28H,14H2,1H3,(H,27,30)/t21-/m0/s1. The Hall–Kier alpha value is -3.78. The van der Waals surface area contributed by atoms with Crippen LogP contribution < -0.4 is 19.1 Å². The molecule has 14 heteroatoms. The molecular weight excluding hydrogens is 535 g/mol. The molecule has 9 nitrogen and oxygen atoms in total. The predicted octanol–water partition coefficient (Wildman–Crippen LogP) is 3.67. The number of rotatable bonds is 6. The molecule has 3 aromatic rings. The van der Waals surface area contributed by atoms with Crippen LogP contribution in [0.2, 0.25) is 0 Å². The van der Waals surface area contributed by atoms with Crippen molar-refractivity contribution in [3.8, 4) is 5.75 Å². The summed E-state index contributed by atoms with van der Waals surface area (Å²) in [5, 5.41) is 2.54. The molecule has 1 amide bonds. The van der Waals surface area contributed by atoms with Crippen LogP contribution in [0.5, 0.6) is 5.75 Å². The second kappa shape index (κ2) is 9.59. The van der Waals surface area contributed by atoms with Crippen molar-refractivity contribution >= 4 is 43.0 Å². The number of nitrogens with zero attached hydrogens (tertiary/aromatic N) is 1. The average Bonchev–Trinajstić information content (AvgIpc) is 2.82. The SMILES string of the molecule is CS(=O)(=O)N1C[C@@H](C(=O)Nc2ccc(S(=O)(=O)Nc3cccc(C(F)(F)F)c3)cc2)Oc2ccccc21. The molecule has 2 N–H and O–H groups in total. The Labute approximate surface area is 211 Å². The number of fused-ring (bicyclic) bond motifs is 1. The van der Waals surface area contributed by atoms with E-state index in [1.54, 1.807) is 18.2 Å². The highest BCUT2D eigenvalue weighted by Crippen LogP contribution is 2.35. The lowest BCUT2D eigenvalue weighted by Crippen LogP contribution is -2.48. The predicted molar refractivity (Wildman–Crippen MR) is 130 cm³/mol. The van der Waals surface area contributed by atoms with Crippen molar-refractivity contribution in [2.45, 2.75) is 17.2 Å². The molecule has 0 aliphatic carbocycles. The Kier molecular flexibility index (Phi) is 6.81. The molecule has 0 fully saturated rings. The second-order valence-electron chi connectivity index (χ2n) is 8.07. The van der Waals surface area contributed by atoms with Crippen LogP contribution in [-0.4, -0.2) is 41.6 Å². The summed E-state index contributed by atoms with van der Waals surface area (Å²) in [6.45, 7) is -0.269. The largest absolute Gasteiger partial charge is 0.476 e. The fraction of sp³-hybridized carbons (Fsp3) is 0.174. The quantitative estimate of drug-likeness (QED) is 0.479. The van der Waals surface area contributed by atoms with Gasteiger partial charge in [-0.05, 0) is 54.6 Å². The van der Waals surface area contributed by atoms with Crippen LogP contribution in [0.1, 0.15) is 5.56 Å². The number of alkyl halides is 3. The minimum atomic E-state index is -4.64. The molecule has 1 heterocycles. The molecule has 1 aliphatic heterocycles. The van der Waals surface area contributed by atoms with Crippen molar-refractivity contribution in [2.75, 3.05) is 27.1 Å². The highest BCUT2D eigenvalue weighted by atomic mass is 32.2. The van der Waals surface area contributed by atoms with Gasteiger partial charge in [-0.1, -0.05) is 18.2 Å². The van der Waals surface area contributed by atoms with Crippen molar-refractivity contribution in [1.29, 1.82) is 0 Å². The molecule has 0 saturated carbocycles. The van der Waals surface area contributed by atoms with E-state index in [1.165, 1.54) is 24.3 Å². The van der Waals surface area contributed by atoms with E-state index in [2.05, 4.69) is 10.0 Å². The zero-order chi connectivity index (χ0) is 27.0. The smallest absolute Gasteiger partial charge is 0.416 e. The van der Waals surface area contributed by atoms with E-state index >= 15 is 0 Å². The van der Waals surface area contributed by atoms with Gasteiger partial charge in [-0.2, -0.15) is 13.2 Å². The summed E-state index contributed by atoms with van der Waals surface area (Å²) in [6, 6.07) is 15.0. The van der Waals surface area contributed by atoms with Crippen molar-refractivity contribution < 1.29 is 39.5 Å². The highest BCUT2D eigenvalue weighted by Gasteiger charge is 2.35. The molecule has 0 radical (unpaired) electrons. The summed E-state index contributed by atoms with van der Waals surface area (Å²) in [6.07, 6.45) is -4.81. The van der Waals surface area contributed by atoms with Gasteiger partial charge in [-0.3, -0.25) is 13.8 Å². The lowest BCUT2D eigenvalue weighted by molar-refractivity contribution is -0.137. The number of ether oxygens (including phenoxy) is 1. The van der Waals surface area contributed by atoms with E-state index in [-0.39, 0.29) is 28.6 Å². The molecule has 0 bridgehead atoms. The molecule has 3 aromatic carbocycles. The zero-order valence-electron chi connectivity index (χ0n) is 19.1. The number of hydrogen-bond acceptors (Lipinski definition) is 6. The summed E-state index contributed by atoms with van der Waals surface area (Å²) in [5.41, 5.74) is -0.779. The maximum atomic E-state index is 12.9. The minimum Gasteiger partial charge on any atom is -0.476 e. The van der Waals surface area contributed by atoms with Gasteiger partial charge >= 0.3 is 6.18 Å². The first-order valence-electron chi connectivity index (χ1n) is 10.6. The fourth-order valence-corrected chi connectivity index (χ4v) is 5.53. The first kappa shape index (κ1) is 26.3. The van der Waals surface area contributed by atoms with Crippen LogP contribution in [0.25, 0.3) is 0 Å². The number of halogens is 3. The third kappa shape index (κ3) is 5.97. The molecule has 1 aliphatic rings. The zero-order valence-corrected chi connectivity index (χ0v) is 20.7. The third-order valence-electron chi connectivity index (χ3n) is 5.30. The van der Waals surface area contributed by atoms with Gasteiger partial charge in [0.2, 0.25) is 10.0 Å². The van der Waals surface area contributed by atoms with Gasteiger partial charge in [0.15, 0.2) is 6.10 Å². The Balaban J connectivity index is 1.47. The number of nitrogens with one attached hydrogen (secondary N) is 2. The van der Waals surface area contributed by atoms with E-state index in [1.807, 2.05) is 0 Å². The summed E-state index contributed by atoms with van der Waals surface area (Å²) in [7, 11) is -7.93. The third-order valence-corrected chi connectivity index (χ3v) is 7.85. The number of sulfonamides is 2. The number of para-hydroxylation sites is 2. The van der Waals surface area contributed by atoms with Gasteiger partial charge in [-0.25, -0.2) is 16.8 Å².